The van der Waals surface area contributed by atoms with E-state index in [4.69, 9.17) is 5.26 Å². The van der Waals surface area contributed by atoms with Crippen LogP contribution in [-0.2, 0) is 0 Å². The summed E-state index contributed by atoms with van der Waals surface area (Å²) in [6.07, 6.45) is 1.69. The Bertz CT molecular complexity index is 758. The molecular weight excluding hydrogens is 302 g/mol. The second-order valence-electron chi connectivity index (χ2n) is 6.05. The summed E-state index contributed by atoms with van der Waals surface area (Å²) in [7, 11) is 3.90. The Hall–Kier alpha value is -2.88. The van der Waals surface area contributed by atoms with Gasteiger partial charge in [0.1, 0.15) is 11.6 Å². The maximum atomic E-state index is 9.03. The van der Waals surface area contributed by atoms with Gasteiger partial charge in [-0.15, -0.1) is 0 Å². The summed E-state index contributed by atoms with van der Waals surface area (Å²) >= 11 is 0. The number of nitrogens with zero attached hydrogens (tertiary/aromatic N) is 7. The molecule has 0 radical (unpaired) electrons. The van der Waals surface area contributed by atoms with Crippen LogP contribution in [0.25, 0.3) is 0 Å². The summed E-state index contributed by atoms with van der Waals surface area (Å²) in [4.78, 5) is 19.9. The first-order chi connectivity index (χ1) is 11.6. The van der Waals surface area contributed by atoms with Crippen LogP contribution in [0.15, 0.2) is 24.4 Å². The van der Waals surface area contributed by atoms with Gasteiger partial charge in [-0.1, -0.05) is 0 Å². The van der Waals surface area contributed by atoms with Crippen molar-refractivity contribution in [3.8, 4) is 6.07 Å². The number of piperazine rings is 1. The SMILES string of the molecule is Cc1cc(N2CCN(c3cc(C#N)ccn3)CC2)nc(N(C)C)n1. The number of nitriles is 1. The van der Waals surface area contributed by atoms with Crippen molar-refractivity contribution in [3.63, 3.8) is 0 Å². The van der Waals surface area contributed by atoms with Gasteiger partial charge in [0.15, 0.2) is 0 Å². The van der Waals surface area contributed by atoms with Crippen molar-refractivity contribution in [2.75, 3.05) is 55.0 Å². The lowest BCUT2D eigenvalue weighted by molar-refractivity contribution is 0.640. The van der Waals surface area contributed by atoms with Crippen molar-refractivity contribution < 1.29 is 0 Å². The van der Waals surface area contributed by atoms with Gasteiger partial charge in [0, 0.05) is 58.2 Å². The van der Waals surface area contributed by atoms with Crippen LogP contribution in [-0.4, -0.2) is 55.2 Å². The average Bonchev–Trinajstić information content (AvgIpc) is 2.61. The van der Waals surface area contributed by atoms with Crippen LogP contribution in [0.2, 0.25) is 0 Å². The molecule has 3 rings (SSSR count). The Morgan fingerprint density at radius 2 is 1.71 bits per heavy atom. The number of anilines is 3. The monoisotopic (exact) mass is 323 g/mol. The maximum Gasteiger partial charge on any atom is 0.226 e. The van der Waals surface area contributed by atoms with E-state index in [0.29, 0.717) is 5.56 Å². The van der Waals surface area contributed by atoms with E-state index < -0.39 is 0 Å². The van der Waals surface area contributed by atoms with Crippen LogP contribution in [0.1, 0.15) is 11.3 Å². The Labute approximate surface area is 142 Å². The van der Waals surface area contributed by atoms with Crippen LogP contribution in [0.3, 0.4) is 0 Å². The van der Waals surface area contributed by atoms with Gasteiger partial charge < -0.3 is 14.7 Å². The van der Waals surface area contributed by atoms with Gasteiger partial charge in [-0.3, -0.25) is 0 Å². The second kappa shape index (κ2) is 6.71. The molecule has 2 aromatic heterocycles. The molecule has 124 valence electrons. The molecule has 0 amide bonds. The number of hydrogen-bond acceptors (Lipinski definition) is 7. The molecule has 2 aromatic rings. The van der Waals surface area contributed by atoms with Crippen molar-refractivity contribution in [3.05, 3.63) is 35.7 Å². The van der Waals surface area contributed by atoms with E-state index in [9.17, 15) is 0 Å². The molecule has 1 aliphatic rings. The number of hydrogen-bond donors (Lipinski definition) is 0. The number of aryl methyl sites for hydroxylation is 1. The Morgan fingerprint density at radius 1 is 1.04 bits per heavy atom. The lowest BCUT2D eigenvalue weighted by Crippen LogP contribution is -2.47. The van der Waals surface area contributed by atoms with E-state index in [2.05, 4.69) is 30.8 Å². The fourth-order valence-corrected chi connectivity index (χ4v) is 2.72. The van der Waals surface area contributed by atoms with Gasteiger partial charge in [0.05, 0.1) is 11.6 Å². The fourth-order valence-electron chi connectivity index (χ4n) is 2.72. The summed E-state index contributed by atoms with van der Waals surface area (Å²) in [6, 6.07) is 7.76. The first kappa shape index (κ1) is 16.0. The lowest BCUT2D eigenvalue weighted by Gasteiger charge is -2.36. The highest BCUT2D eigenvalue weighted by atomic mass is 15.3. The number of pyridine rings is 1. The third kappa shape index (κ3) is 3.38. The molecule has 0 spiro atoms. The molecule has 7 heteroatoms. The first-order valence-corrected chi connectivity index (χ1v) is 7.96. The number of rotatable bonds is 3. The Morgan fingerprint density at radius 3 is 2.33 bits per heavy atom. The minimum Gasteiger partial charge on any atom is -0.353 e. The van der Waals surface area contributed by atoms with Gasteiger partial charge in [0.2, 0.25) is 5.95 Å². The molecule has 0 bridgehead atoms. The van der Waals surface area contributed by atoms with Crippen LogP contribution in [0, 0.1) is 18.3 Å². The Balaban J connectivity index is 1.72. The summed E-state index contributed by atoms with van der Waals surface area (Å²) in [5.74, 6) is 2.56. The second-order valence-corrected chi connectivity index (χ2v) is 6.05. The van der Waals surface area contributed by atoms with Gasteiger partial charge in [-0.05, 0) is 19.1 Å². The van der Waals surface area contributed by atoms with Gasteiger partial charge in [-0.25, -0.2) is 9.97 Å². The maximum absolute atomic E-state index is 9.03. The van der Waals surface area contributed by atoms with Crippen LogP contribution in [0.4, 0.5) is 17.6 Å². The summed E-state index contributed by atoms with van der Waals surface area (Å²) in [5.41, 5.74) is 1.61. The average molecular weight is 323 g/mol. The molecule has 1 aliphatic heterocycles. The zero-order valence-electron chi connectivity index (χ0n) is 14.3. The predicted molar refractivity (Wildman–Crippen MR) is 94.5 cm³/mol. The smallest absolute Gasteiger partial charge is 0.226 e. The molecule has 1 fully saturated rings. The summed E-state index contributed by atoms with van der Waals surface area (Å²) in [6.45, 7) is 5.42. The van der Waals surface area contributed by atoms with E-state index in [-0.39, 0.29) is 0 Å². The molecule has 1 saturated heterocycles. The third-order valence-corrected chi connectivity index (χ3v) is 4.03. The molecule has 0 N–H and O–H groups in total. The Kier molecular flexibility index (Phi) is 4.47. The largest absolute Gasteiger partial charge is 0.353 e. The molecule has 3 heterocycles. The molecule has 0 saturated carbocycles. The minimum absolute atomic E-state index is 0.643. The van der Waals surface area contributed by atoms with E-state index >= 15 is 0 Å². The molecule has 7 nitrogen and oxygen atoms in total. The van der Waals surface area contributed by atoms with Crippen LogP contribution >= 0.6 is 0 Å². The fraction of sp³-hybridized carbons (Fsp3) is 0.412. The van der Waals surface area contributed by atoms with Crippen LogP contribution in [0.5, 0.6) is 0 Å². The molecular formula is C17H21N7. The van der Waals surface area contributed by atoms with E-state index in [1.165, 1.54) is 0 Å². The molecule has 0 aromatic carbocycles. The minimum atomic E-state index is 0.643. The molecule has 24 heavy (non-hydrogen) atoms. The summed E-state index contributed by atoms with van der Waals surface area (Å²) in [5, 5.41) is 9.03. The summed E-state index contributed by atoms with van der Waals surface area (Å²) < 4.78 is 0. The van der Waals surface area contributed by atoms with Crippen molar-refractivity contribution in [2.24, 2.45) is 0 Å². The van der Waals surface area contributed by atoms with E-state index in [0.717, 1.165) is 49.5 Å². The topological polar surface area (TPSA) is 72.2 Å². The molecule has 0 unspecified atom stereocenters. The van der Waals surface area contributed by atoms with Crippen molar-refractivity contribution in [1.82, 2.24) is 15.0 Å². The zero-order valence-corrected chi connectivity index (χ0v) is 14.3. The number of aromatic nitrogens is 3. The van der Waals surface area contributed by atoms with Crippen molar-refractivity contribution >= 4 is 17.6 Å². The van der Waals surface area contributed by atoms with E-state index in [1.54, 1.807) is 12.3 Å². The highest BCUT2D eigenvalue weighted by Gasteiger charge is 2.20. The standard InChI is InChI=1S/C17H21N7/c1-13-10-16(21-17(20-13)22(2)3)24-8-6-23(7-9-24)15-11-14(12-18)4-5-19-15/h4-5,10-11H,6-9H2,1-3H3. The predicted octanol–water partition coefficient (Wildman–Crippen LogP) is 1.44. The molecule has 0 aliphatic carbocycles. The third-order valence-electron chi connectivity index (χ3n) is 4.03. The lowest BCUT2D eigenvalue weighted by atomic mass is 10.2. The normalized spacial score (nSPS) is 14.4. The van der Waals surface area contributed by atoms with Crippen molar-refractivity contribution in [1.29, 1.82) is 5.26 Å². The quantitative estimate of drug-likeness (QED) is 0.846. The highest BCUT2D eigenvalue weighted by molar-refractivity contribution is 5.50. The highest BCUT2D eigenvalue weighted by Crippen LogP contribution is 2.20. The van der Waals surface area contributed by atoms with E-state index in [1.807, 2.05) is 38.1 Å². The van der Waals surface area contributed by atoms with Gasteiger partial charge in [0.25, 0.3) is 0 Å². The van der Waals surface area contributed by atoms with Gasteiger partial charge in [-0.2, -0.15) is 10.2 Å². The molecule has 0 atom stereocenters. The van der Waals surface area contributed by atoms with Gasteiger partial charge >= 0.3 is 0 Å². The van der Waals surface area contributed by atoms with Crippen molar-refractivity contribution in [2.45, 2.75) is 6.92 Å². The zero-order chi connectivity index (χ0) is 17.1. The van der Waals surface area contributed by atoms with Crippen LogP contribution < -0.4 is 14.7 Å². The first-order valence-electron chi connectivity index (χ1n) is 7.96.